The van der Waals surface area contributed by atoms with Gasteiger partial charge in [0, 0.05) is 18.8 Å². The monoisotopic (exact) mass is 227 g/mol. The van der Waals surface area contributed by atoms with Crippen LogP contribution in [0.1, 0.15) is 29.5 Å². The fraction of sp³-hybridized carbons (Fsp3) is 0.400. The van der Waals surface area contributed by atoms with E-state index in [9.17, 15) is 4.79 Å². The Labute approximate surface area is 102 Å². The van der Waals surface area contributed by atoms with Crippen molar-refractivity contribution in [3.63, 3.8) is 0 Å². The minimum atomic E-state index is 0.845. The van der Waals surface area contributed by atoms with Crippen LogP contribution in [0, 0.1) is 0 Å². The first-order chi connectivity index (χ1) is 8.38. The van der Waals surface area contributed by atoms with Crippen molar-refractivity contribution in [2.45, 2.75) is 25.7 Å². The molecule has 88 valence electrons. The third kappa shape index (κ3) is 1.88. The van der Waals surface area contributed by atoms with Crippen molar-refractivity contribution in [3.05, 3.63) is 34.9 Å². The van der Waals surface area contributed by atoms with Crippen LogP contribution in [0.3, 0.4) is 0 Å². The normalized spacial score (nSPS) is 18.2. The third-order valence-electron chi connectivity index (χ3n) is 3.72. The summed E-state index contributed by atoms with van der Waals surface area (Å²) in [6.07, 6.45) is 9.22. The SMILES string of the molecule is O=C/C=C/c1cc2c3c(c1)CCCN3CCC2. The van der Waals surface area contributed by atoms with Gasteiger partial charge in [-0.15, -0.1) is 0 Å². The Morgan fingerprint density at radius 2 is 1.71 bits per heavy atom. The van der Waals surface area contributed by atoms with E-state index in [1.807, 2.05) is 6.08 Å². The molecule has 2 heteroatoms. The number of hydrogen-bond acceptors (Lipinski definition) is 2. The Morgan fingerprint density at radius 3 is 2.29 bits per heavy atom. The van der Waals surface area contributed by atoms with Crippen molar-refractivity contribution in [1.29, 1.82) is 0 Å². The maximum absolute atomic E-state index is 10.4. The molecular formula is C15H17NO. The number of aryl methyl sites for hydroxylation is 2. The molecule has 0 amide bonds. The lowest BCUT2D eigenvalue weighted by Crippen LogP contribution is -2.34. The second-order valence-electron chi connectivity index (χ2n) is 4.88. The summed E-state index contributed by atoms with van der Waals surface area (Å²) in [4.78, 5) is 12.9. The number of carbonyl (C=O) groups excluding carboxylic acids is 1. The molecule has 0 saturated carbocycles. The van der Waals surface area contributed by atoms with Crippen LogP contribution in [0.5, 0.6) is 0 Å². The van der Waals surface area contributed by atoms with E-state index in [0.29, 0.717) is 0 Å². The molecule has 1 aromatic carbocycles. The first-order valence-electron chi connectivity index (χ1n) is 6.41. The van der Waals surface area contributed by atoms with Crippen LogP contribution in [0.25, 0.3) is 6.08 Å². The van der Waals surface area contributed by atoms with Crippen LogP contribution in [-0.4, -0.2) is 19.4 Å². The van der Waals surface area contributed by atoms with Crippen LogP contribution in [-0.2, 0) is 17.6 Å². The quantitative estimate of drug-likeness (QED) is 0.572. The smallest absolute Gasteiger partial charge is 0.142 e. The molecule has 1 aromatic rings. The van der Waals surface area contributed by atoms with Crippen molar-refractivity contribution < 1.29 is 4.79 Å². The molecule has 2 aliphatic rings. The predicted molar refractivity (Wildman–Crippen MR) is 70.4 cm³/mol. The molecular weight excluding hydrogens is 210 g/mol. The average Bonchev–Trinajstić information content (AvgIpc) is 2.37. The maximum atomic E-state index is 10.4. The Morgan fingerprint density at radius 1 is 1.06 bits per heavy atom. The van der Waals surface area contributed by atoms with E-state index in [1.54, 1.807) is 6.08 Å². The van der Waals surface area contributed by atoms with E-state index >= 15 is 0 Å². The number of hydrogen-bond donors (Lipinski definition) is 0. The van der Waals surface area contributed by atoms with Crippen LogP contribution >= 0.6 is 0 Å². The van der Waals surface area contributed by atoms with Gasteiger partial charge in [0.2, 0.25) is 0 Å². The van der Waals surface area contributed by atoms with Gasteiger partial charge in [0.1, 0.15) is 6.29 Å². The molecule has 17 heavy (non-hydrogen) atoms. The predicted octanol–water partition coefficient (Wildman–Crippen LogP) is 2.60. The lowest BCUT2D eigenvalue weighted by Gasteiger charge is -2.37. The topological polar surface area (TPSA) is 20.3 Å². The molecule has 0 bridgehead atoms. The highest BCUT2D eigenvalue weighted by Crippen LogP contribution is 2.36. The molecule has 0 radical (unpaired) electrons. The number of benzene rings is 1. The van der Waals surface area contributed by atoms with E-state index in [4.69, 9.17) is 0 Å². The van der Waals surface area contributed by atoms with Crippen LogP contribution in [0.15, 0.2) is 18.2 Å². The van der Waals surface area contributed by atoms with Gasteiger partial charge in [0.05, 0.1) is 0 Å². The zero-order chi connectivity index (χ0) is 11.7. The molecule has 0 saturated heterocycles. The molecule has 0 fully saturated rings. The highest BCUT2D eigenvalue weighted by atomic mass is 16.1. The summed E-state index contributed by atoms with van der Waals surface area (Å²) >= 11 is 0. The third-order valence-corrected chi connectivity index (χ3v) is 3.72. The Kier molecular flexibility index (Phi) is 2.71. The summed E-state index contributed by atoms with van der Waals surface area (Å²) in [5.74, 6) is 0. The second kappa shape index (κ2) is 4.36. The fourth-order valence-corrected chi connectivity index (χ4v) is 3.08. The van der Waals surface area contributed by atoms with Crippen molar-refractivity contribution in [3.8, 4) is 0 Å². The zero-order valence-corrected chi connectivity index (χ0v) is 9.98. The van der Waals surface area contributed by atoms with Gasteiger partial charge in [0.15, 0.2) is 0 Å². The standard InChI is InChI=1S/C15H17NO/c17-9-3-4-12-10-13-5-1-7-16-8-2-6-14(11-12)15(13)16/h3-4,9-11H,1-2,5-8H2/b4-3+. The average molecular weight is 227 g/mol. The molecule has 0 unspecified atom stereocenters. The molecule has 0 aromatic heterocycles. The molecule has 0 spiro atoms. The van der Waals surface area contributed by atoms with Gasteiger partial charge in [-0.1, -0.05) is 6.08 Å². The van der Waals surface area contributed by atoms with Crippen LogP contribution in [0.4, 0.5) is 5.69 Å². The number of nitrogens with zero attached hydrogens (tertiary/aromatic N) is 1. The minimum absolute atomic E-state index is 0.845. The number of aldehydes is 1. The number of carbonyl (C=O) groups is 1. The molecule has 2 heterocycles. The highest BCUT2D eigenvalue weighted by molar-refractivity contribution is 5.76. The summed E-state index contributed by atoms with van der Waals surface area (Å²) in [6, 6.07) is 4.49. The molecule has 0 atom stereocenters. The summed E-state index contributed by atoms with van der Waals surface area (Å²) in [6.45, 7) is 2.42. The van der Waals surface area contributed by atoms with Gasteiger partial charge in [-0.25, -0.2) is 0 Å². The first kappa shape index (κ1) is 10.6. The first-order valence-corrected chi connectivity index (χ1v) is 6.41. The number of anilines is 1. The zero-order valence-electron chi connectivity index (χ0n) is 9.98. The summed E-state index contributed by atoms with van der Waals surface area (Å²) in [7, 11) is 0. The van der Waals surface area contributed by atoms with E-state index in [-0.39, 0.29) is 0 Å². The summed E-state index contributed by atoms with van der Waals surface area (Å²) in [5.41, 5.74) is 5.61. The van der Waals surface area contributed by atoms with Crippen LogP contribution < -0.4 is 4.90 Å². The Hall–Kier alpha value is -1.57. The second-order valence-corrected chi connectivity index (χ2v) is 4.88. The van der Waals surface area contributed by atoms with Crippen LogP contribution in [0.2, 0.25) is 0 Å². The Balaban J connectivity index is 2.08. The number of allylic oxidation sites excluding steroid dienone is 1. The molecule has 0 N–H and O–H groups in total. The maximum Gasteiger partial charge on any atom is 0.142 e. The molecule has 2 nitrogen and oxygen atoms in total. The molecule has 3 rings (SSSR count). The molecule has 0 aliphatic carbocycles. The van der Waals surface area contributed by atoms with Gasteiger partial charge < -0.3 is 4.90 Å². The van der Waals surface area contributed by atoms with Gasteiger partial charge in [-0.2, -0.15) is 0 Å². The summed E-state index contributed by atoms with van der Waals surface area (Å²) < 4.78 is 0. The van der Waals surface area contributed by atoms with Gasteiger partial charge in [-0.3, -0.25) is 4.79 Å². The van der Waals surface area contributed by atoms with Crippen molar-refractivity contribution in [2.75, 3.05) is 18.0 Å². The number of rotatable bonds is 2. The molecule has 2 aliphatic heterocycles. The highest BCUT2D eigenvalue weighted by Gasteiger charge is 2.23. The fourth-order valence-electron chi connectivity index (χ4n) is 3.08. The summed E-state index contributed by atoms with van der Waals surface area (Å²) in [5, 5.41) is 0. The van der Waals surface area contributed by atoms with Gasteiger partial charge in [0.25, 0.3) is 0 Å². The Bertz CT molecular complexity index is 445. The lowest BCUT2D eigenvalue weighted by atomic mass is 9.90. The largest absolute Gasteiger partial charge is 0.371 e. The van der Waals surface area contributed by atoms with Gasteiger partial charge in [-0.05, 0) is 60.6 Å². The van der Waals surface area contributed by atoms with Crippen molar-refractivity contribution in [2.24, 2.45) is 0 Å². The van der Waals surface area contributed by atoms with E-state index in [2.05, 4.69) is 17.0 Å². The van der Waals surface area contributed by atoms with Crippen molar-refractivity contribution >= 4 is 18.0 Å². The van der Waals surface area contributed by atoms with Gasteiger partial charge >= 0.3 is 0 Å². The van der Waals surface area contributed by atoms with Crippen molar-refractivity contribution in [1.82, 2.24) is 0 Å². The minimum Gasteiger partial charge on any atom is -0.371 e. The van der Waals surface area contributed by atoms with E-state index in [1.165, 1.54) is 61.2 Å². The lowest BCUT2D eigenvalue weighted by molar-refractivity contribution is -0.104. The van der Waals surface area contributed by atoms with E-state index < -0.39 is 0 Å². The van der Waals surface area contributed by atoms with E-state index in [0.717, 1.165) is 6.29 Å².